The molecule has 0 spiro atoms. The van der Waals surface area contributed by atoms with Gasteiger partial charge in [0.2, 0.25) is 0 Å². The van der Waals surface area contributed by atoms with E-state index in [-0.39, 0.29) is 11.7 Å². The van der Waals surface area contributed by atoms with Gasteiger partial charge in [-0.2, -0.15) is 0 Å². The van der Waals surface area contributed by atoms with Crippen LogP contribution in [0.15, 0.2) is 40.9 Å². The molecule has 0 aromatic heterocycles. The highest BCUT2D eigenvalue weighted by Gasteiger charge is 2.11. The van der Waals surface area contributed by atoms with Crippen LogP contribution in [-0.4, -0.2) is 31.8 Å². The number of halogens is 2. The van der Waals surface area contributed by atoms with Crippen LogP contribution in [0.4, 0.5) is 5.69 Å². The number of hydrogen-bond donors (Lipinski definition) is 2. The molecule has 0 saturated carbocycles. The van der Waals surface area contributed by atoms with E-state index in [9.17, 15) is 4.79 Å². The smallest absolute Gasteiger partial charge is 0.264 e. The van der Waals surface area contributed by atoms with Crippen LogP contribution in [0.1, 0.15) is 0 Å². The zero-order chi connectivity index (χ0) is 19.1. The lowest BCUT2D eigenvalue weighted by atomic mass is 10.2. The zero-order valence-electron chi connectivity index (χ0n) is 14.0. The number of benzene rings is 2. The van der Waals surface area contributed by atoms with Gasteiger partial charge in [-0.05, 0) is 42.5 Å². The molecule has 26 heavy (non-hydrogen) atoms. The van der Waals surface area contributed by atoms with E-state index < -0.39 is 5.91 Å². The molecule has 2 aromatic carbocycles. The average molecular weight is 460 g/mol. The summed E-state index contributed by atoms with van der Waals surface area (Å²) < 4.78 is 16.6. The molecule has 0 fully saturated rings. The molecule has 1 amide bonds. The maximum atomic E-state index is 12.0. The fourth-order valence-corrected chi connectivity index (χ4v) is 2.92. The summed E-state index contributed by atoms with van der Waals surface area (Å²) in [5.74, 6) is 1.15. The first-order valence-electron chi connectivity index (χ1n) is 7.33. The Morgan fingerprint density at radius 1 is 1.15 bits per heavy atom. The van der Waals surface area contributed by atoms with E-state index in [1.54, 1.807) is 43.5 Å². The summed E-state index contributed by atoms with van der Waals surface area (Å²) in [7, 11) is 3.08. The number of methoxy groups -OCH3 is 2. The number of carbonyl (C=O) groups excluding carboxylic acids is 1. The van der Waals surface area contributed by atoms with Crippen molar-refractivity contribution in [1.29, 1.82) is 0 Å². The Balaban J connectivity index is 1.92. The van der Waals surface area contributed by atoms with Gasteiger partial charge in [0.15, 0.2) is 11.7 Å². The Labute approximate surface area is 169 Å². The van der Waals surface area contributed by atoms with Gasteiger partial charge in [-0.25, -0.2) is 0 Å². The normalized spacial score (nSPS) is 10.0. The fourth-order valence-electron chi connectivity index (χ4n) is 1.96. The van der Waals surface area contributed by atoms with Gasteiger partial charge in [-0.15, -0.1) is 0 Å². The van der Waals surface area contributed by atoms with E-state index in [0.717, 1.165) is 4.47 Å². The highest BCUT2D eigenvalue weighted by atomic mass is 79.9. The predicted octanol–water partition coefficient (Wildman–Crippen LogP) is 4.01. The minimum atomic E-state index is -0.427. The van der Waals surface area contributed by atoms with Crippen LogP contribution in [0, 0.1) is 0 Å². The Kier molecular flexibility index (Phi) is 7.50. The van der Waals surface area contributed by atoms with E-state index in [4.69, 9.17) is 38.0 Å². The van der Waals surface area contributed by atoms with E-state index in [0.29, 0.717) is 28.0 Å². The predicted molar refractivity (Wildman–Crippen MR) is 109 cm³/mol. The lowest BCUT2D eigenvalue weighted by Crippen LogP contribution is -2.37. The molecule has 2 rings (SSSR count). The van der Waals surface area contributed by atoms with Gasteiger partial charge in [0.1, 0.15) is 17.2 Å². The van der Waals surface area contributed by atoms with Crippen molar-refractivity contribution in [2.45, 2.75) is 0 Å². The van der Waals surface area contributed by atoms with E-state index in [1.165, 1.54) is 7.11 Å². The highest BCUT2D eigenvalue weighted by Crippen LogP contribution is 2.29. The summed E-state index contributed by atoms with van der Waals surface area (Å²) in [5.41, 5.74) is 0.564. The lowest BCUT2D eigenvalue weighted by Gasteiger charge is -2.14. The summed E-state index contributed by atoms with van der Waals surface area (Å²) in [6.45, 7) is -0.238. The first-order chi connectivity index (χ1) is 12.4. The molecule has 6 nitrogen and oxygen atoms in total. The lowest BCUT2D eigenvalue weighted by molar-refractivity contribution is -0.121. The van der Waals surface area contributed by atoms with E-state index in [2.05, 4.69) is 26.6 Å². The maximum absolute atomic E-state index is 12.0. The van der Waals surface area contributed by atoms with Gasteiger partial charge in [0, 0.05) is 10.5 Å². The number of carbonyl (C=O) groups is 1. The minimum absolute atomic E-state index is 0.104. The molecular weight excluding hydrogens is 444 g/mol. The van der Waals surface area contributed by atoms with Crippen molar-refractivity contribution in [3.63, 3.8) is 0 Å². The van der Waals surface area contributed by atoms with Crippen LogP contribution in [0.5, 0.6) is 17.2 Å². The van der Waals surface area contributed by atoms with Gasteiger partial charge in [0.05, 0.1) is 24.9 Å². The van der Waals surface area contributed by atoms with Crippen molar-refractivity contribution in [2.75, 3.05) is 26.1 Å². The number of rotatable bonds is 6. The Morgan fingerprint density at radius 3 is 2.54 bits per heavy atom. The number of amides is 1. The standard InChI is InChI=1S/C17H16BrClN2O4S/c1-23-11-4-6-15(24-2)13(8-11)20-17(26)21-16(22)9-25-14-5-3-10(18)7-12(14)19/h3-8H,9H2,1-2H3,(H2,20,21,22,26). The van der Waals surface area contributed by atoms with Gasteiger partial charge in [-0.1, -0.05) is 27.5 Å². The fraction of sp³-hybridized carbons (Fsp3) is 0.176. The minimum Gasteiger partial charge on any atom is -0.497 e. The van der Waals surface area contributed by atoms with Crippen LogP contribution >= 0.6 is 39.7 Å². The van der Waals surface area contributed by atoms with Crippen molar-refractivity contribution in [3.8, 4) is 17.2 Å². The molecule has 0 aliphatic carbocycles. The summed E-state index contributed by atoms with van der Waals surface area (Å²) in [5, 5.41) is 5.92. The molecule has 0 saturated heterocycles. The molecule has 0 aliphatic rings. The number of nitrogens with one attached hydrogen (secondary N) is 2. The van der Waals surface area contributed by atoms with Crippen molar-refractivity contribution in [2.24, 2.45) is 0 Å². The number of ether oxygens (including phenoxy) is 3. The third-order valence-corrected chi connectivity index (χ3v) is 4.15. The van der Waals surface area contributed by atoms with Crippen molar-refractivity contribution >= 4 is 56.5 Å². The largest absolute Gasteiger partial charge is 0.497 e. The second-order valence-corrected chi connectivity index (χ2v) is 6.66. The Bertz CT molecular complexity index is 819. The molecule has 0 bridgehead atoms. The van der Waals surface area contributed by atoms with Crippen LogP contribution in [0.25, 0.3) is 0 Å². The quantitative estimate of drug-likeness (QED) is 0.636. The van der Waals surface area contributed by atoms with Gasteiger partial charge in [-0.3, -0.25) is 10.1 Å². The molecule has 9 heteroatoms. The maximum Gasteiger partial charge on any atom is 0.264 e. The van der Waals surface area contributed by atoms with Gasteiger partial charge in [0.25, 0.3) is 5.91 Å². The summed E-state index contributed by atoms with van der Waals surface area (Å²) in [4.78, 5) is 12.0. The average Bonchev–Trinajstić information content (AvgIpc) is 2.60. The SMILES string of the molecule is COc1ccc(OC)c(NC(=S)NC(=O)COc2ccc(Br)cc2Cl)c1. The van der Waals surface area contributed by atoms with Crippen molar-refractivity contribution in [1.82, 2.24) is 5.32 Å². The Morgan fingerprint density at radius 2 is 1.88 bits per heavy atom. The monoisotopic (exact) mass is 458 g/mol. The molecular formula is C17H16BrClN2O4S. The second-order valence-electron chi connectivity index (χ2n) is 4.93. The molecule has 0 aliphatic heterocycles. The van der Waals surface area contributed by atoms with Gasteiger partial charge < -0.3 is 19.5 Å². The Hall–Kier alpha value is -2.03. The third-order valence-electron chi connectivity index (χ3n) is 3.16. The molecule has 2 aromatic rings. The molecule has 0 heterocycles. The van der Waals surface area contributed by atoms with E-state index >= 15 is 0 Å². The second kappa shape index (κ2) is 9.61. The zero-order valence-corrected chi connectivity index (χ0v) is 17.1. The molecule has 138 valence electrons. The molecule has 0 radical (unpaired) electrons. The first kappa shape index (κ1) is 20.3. The summed E-state index contributed by atoms with van der Waals surface area (Å²) in [6, 6.07) is 10.3. The first-order valence-corrected chi connectivity index (χ1v) is 8.91. The van der Waals surface area contributed by atoms with Crippen molar-refractivity contribution < 1.29 is 19.0 Å². The van der Waals surface area contributed by atoms with E-state index in [1.807, 2.05) is 0 Å². The van der Waals surface area contributed by atoms with Crippen LogP contribution < -0.4 is 24.8 Å². The topological polar surface area (TPSA) is 68.8 Å². The van der Waals surface area contributed by atoms with Crippen LogP contribution in [-0.2, 0) is 4.79 Å². The van der Waals surface area contributed by atoms with Crippen molar-refractivity contribution in [3.05, 3.63) is 45.9 Å². The number of anilines is 1. The van der Waals surface area contributed by atoms with Crippen LogP contribution in [0.3, 0.4) is 0 Å². The third kappa shape index (κ3) is 5.76. The molecule has 0 unspecified atom stereocenters. The highest BCUT2D eigenvalue weighted by molar-refractivity contribution is 9.10. The summed E-state index contributed by atoms with van der Waals surface area (Å²) >= 11 is 14.5. The molecule has 2 N–H and O–H groups in total. The number of thiocarbonyl (C=S) groups is 1. The van der Waals surface area contributed by atoms with Crippen LogP contribution in [0.2, 0.25) is 5.02 Å². The summed E-state index contributed by atoms with van der Waals surface area (Å²) in [6.07, 6.45) is 0. The van der Waals surface area contributed by atoms with Gasteiger partial charge >= 0.3 is 0 Å². The molecule has 0 atom stereocenters. The number of hydrogen-bond acceptors (Lipinski definition) is 5.